The molecule has 0 saturated carbocycles. The Labute approximate surface area is 170 Å². The summed E-state index contributed by atoms with van der Waals surface area (Å²) in [7, 11) is 4.58. The van der Waals surface area contributed by atoms with Gasteiger partial charge in [-0.05, 0) is 42.7 Å². The lowest BCUT2D eigenvalue weighted by Crippen LogP contribution is -2.42. The van der Waals surface area contributed by atoms with Crippen molar-refractivity contribution in [2.45, 2.75) is 25.8 Å². The number of carbonyl (C=O) groups excluding carboxylic acids is 2. The van der Waals surface area contributed by atoms with Crippen LogP contribution < -0.4 is 14.8 Å². The molecule has 1 aliphatic heterocycles. The summed E-state index contributed by atoms with van der Waals surface area (Å²) >= 11 is 0. The Morgan fingerprint density at radius 3 is 2.59 bits per heavy atom. The number of esters is 1. The third-order valence-electron chi connectivity index (χ3n) is 5.17. The third kappa shape index (κ3) is 4.13. The van der Waals surface area contributed by atoms with E-state index in [0.717, 1.165) is 29.0 Å². The van der Waals surface area contributed by atoms with Crippen LogP contribution in [-0.4, -0.2) is 44.8 Å². The van der Waals surface area contributed by atoms with Gasteiger partial charge in [0, 0.05) is 23.9 Å². The Bertz CT molecular complexity index is 895. The van der Waals surface area contributed by atoms with E-state index in [9.17, 15) is 9.59 Å². The van der Waals surface area contributed by atoms with Gasteiger partial charge in [0.05, 0.1) is 32.9 Å². The molecule has 7 nitrogen and oxygen atoms in total. The largest absolute Gasteiger partial charge is 0.497 e. The van der Waals surface area contributed by atoms with Crippen molar-refractivity contribution < 1.29 is 23.8 Å². The predicted molar refractivity (Wildman–Crippen MR) is 110 cm³/mol. The summed E-state index contributed by atoms with van der Waals surface area (Å²) < 4.78 is 15.7. The predicted octanol–water partition coefficient (Wildman–Crippen LogP) is 4.03. The van der Waals surface area contributed by atoms with Gasteiger partial charge in [0.1, 0.15) is 11.5 Å². The SMILES string of the molecule is CCC1c2c(cc(OC)cc2OC)CCN1C(=O)Nc1cccc(C(=O)OC)c1. The molecule has 0 aliphatic carbocycles. The molecule has 3 rings (SSSR count). The summed E-state index contributed by atoms with van der Waals surface area (Å²) in [5.74, 6) is 1.02. The first-order valence-corrected chi connectivity index (χ1v) is 9.53. The minimum absolute atomic E-state index is 0.122. The molecule has 0 radical (unpaired) electrons. The van der Waals surface area contributed by atoms with Crippen LogP contribution in [0.25, 0.3) is 0 Å². The number of hydrogen-bond acceptors (Lipinski definition) is 5. The molecular formula is C22H26N2O5. The minimum atomic E-state index is -0.446. The van der Waals surface area contributed by atoms with Crippen molar-refractivity contribution in [2.24, 2.45) is 0 Å². The second-order valence-corrected chi connectivity index (χ2v) is 6.77. The van der Waals surface area contributed by atoms with Crippen LogP contribution >= 0.6 is 0 Å². The number of nitrogens with zero attached hydrogens (tertiary/aromatic N) is 1. The van der Waals surface area contributed by atoms with Crippen molar-refractivity contribution in [1.82, 2.24) is 4.90 Å². The van der Waals surface area contributed by atoms with Gasteiger partial charge in [-0.15, -0.1) is 0 Å². The van der Waals surface area contributed by atoms with Crippen LogP contribution in [0, 0.1) is 0 Å². The van der Waals surface area contributed by atoms with Gasteiger partial charge in [-0.1, -0.05) is 13.0 Å². The standard InChI is InChI=1S/C22H26N2O5/c1-5-18-20-14(12-17(27-2)13-19(20)28-3)9-10-24(18)22(26)23-16-8-6-7-15(11-16)21(25)29-4/h6-8,11-13,18H,5,9-10H2,1-4H3,(H,23,26). The van der Waals surface area contributed by atoms with Crippen molar-refractivity contribution in [3.05, 3.63) is 53.1 Å². The number of nitrogens with one attached hydrogen (secondary N) is 1. The number of anilines is 1. The van der Waals surface area contributed by atoms with E-state index < -0.39 is 5.97 Å². The second-order valence-electron chi connectivity index (χ2n) is 6.77. The highest BCUT2D eigenvalue weighted by atomic mass is 16.5. The number of benzene rings is 2. The fourth-order valence-electron chi connectivity index (χ4n) is 3.79. The van der Waals surface area contributed by atoms with Crippen LogP contribution in [0.5, 0.6) is 11.5 Å². The lowest BCUT2D eigenvalue weighted by Gasteiger charge is -2.37. The van der Waals surface area contributed by atoms with Crippen molar-refractivity contribution in [1.29, 1.82) is 0 Å². The monoisotopic (exact) mass is 398 g/mol. The van der Waals surface area contributed by atoms with Crippen LogP contribution in [0.3, 0.4) is 0 Å². The second kappa shape index (κ2) is 8.86. The fourth-order valence-corrected chi connectivity index (χ4v) is 3.79. The van der Waals surface area contributed by atoms with Crippen LogP contribution in [0.1, 0.15) is 40.9 Å². The molecule has 0 fully saturated rings. The number of methoxy groups -OCH3 is 3. The van der Waals surface area contributed by atoms with Crippen LogP contribution in [0.2, 0.25) is 0 Å². The molecule has 1 heterocycles. The molecule has 29 heavy (non-hydrogen) atoms. The van der Waals surface area contributed by atoms with Crippen molar-refractivity contribution in [3.8, 4) is 11.5 Å². The summed E-state index contributed by atoms with van der Waals surface area (Å²) in [6.07, 6.45) is 1.44. The van der Waals surface area contributed by atoms with E-state index in [1.165, 1.54) is 7.11 Å². The molecule has 0 spiro atoms. The Balaban J connectivity index is 1.87. The first-order chi connectivity index (χ1) is 14.0. The Kier molecular flexibility index (Phi) is 6.26. The quantitative estimate of drug-likeness (QED) is 0.770. The molecule has 1 aliphatic rings. The lowest BCUT2D eigenvalue weighted by molar-refractivity contribution is 0.0600. The molecule has 0 bridgehead atoms. The average molecular weight is 398 g/mol. The van der Waals surface area contributed by atoms with E-state index in [0.29, 0.717) is 24.2 Å². The first-order valence-electron chi connectivity index (χ1n) is 9.53. The maximum absolute atomic E-state index is 13.1. The molecule has 1 N–H and O–H groups in total. The molecule has 7 heteroatoms. The van der Waals surface area contributed by atoms with E-state index in [1.54, 1.807) is 38.5 Å². The maximum Gasteiger partial charge on any atom is 0.337 e. The molecule has 0 saturated heterocycles. The number of carbonyl (C=O) groups is 2. The van der Waals surface area contributed by atoms with Gasteiger partial charge in [0.25, 0.3) is 0 Å². The summed E-state index contributed by atoms with van der Waals surface area (Å²) in [4.78, 5) is 26.6. The Hall–Kier alpha value is -3.22. The zero-order valence-corrected chi connectivity index (χ0v) is 17.2. The molecule has 2 aromatic rings. The number of fused-ring (bicyclic) bond motifs is 1. The Morgan fingerprint density at radius 2 is 1.93 bits per heavy atom. The summed E-state index contributed by atoms with van der Waals surface area (Å²) in [6, 6.07) is 10.2. The summed E-state index contributed by atoms with van der Waals surface area (Å²) in [5, 5.41) is 2.90. The summed E-state index contributed by atoms with van der Waals surface area (Å²) in [6.45, 7) is 2.62. The Morgan fingerprint density at radius 1 is 1.14 bits per heavy atom. The average Bonchev–Trinajstić information content (AvgIpc) is 2.76. The number of rotatable bonds is 5. The van der Waals surface area contributed by atoms with Crippen LogP contribution in [0.15, 0.2) is 36.4 Å². The van der Waals surface area contributed by atoms with E-state index in [2.05, 4.69) is 5.32 Å². The highest BCUT2D eigenvalue weighted by molar-refractivity contribution is 5.94. The number of hydrogen-bond donors (Lipinski definition) is 1. The minimum Gasteiger partial charge on any atom is -0.497 e. The van der Waals surface area contributed by atoms with Gasteiger partial charge in [-0.2, -0.15) is 0 Å². The molecule has 154 valence electrons. The molecule has 1 atom stereocenters. The zero-order valence-electron chi connectivity index (χ0n) is 17.2. The smallest absolute Gasteiger partial charge is 0.337 e. The van der Waals surface area contributed by atoms with E-state index in [4.69, 9.17) is 14.2 Å². The molecule has 2 amide bonds. The fraction of sp³-hybridized carbons (Fsp3) is 0.364. The summed E-state index contributed by atoms with van der Waals surface area (Å²) in [5.41, 5.74) is 3.07. The first kappa shape index (κ1) is 20.5. The van der Waals surface area contributed by atoms with Crippen LogP contribution in [0.4, 0.5) is 10.5 Å². The number of urea groups is 1. The van der Waals surface area contributed by atoms with Gasteiger partial charge < -0.3 is 24.4 Å². The van der Waals surface area contributed by atoms with Gasteiger partial charge in [-0.3, -0.25) is 0 Å². The number of ether oxygens (including phenoxy) is 3. The van der Waals surface area contributed by atoms with Crippen molar-refractivity contribution in [2.75, 3.05) is 33.2 Å². The highest BCUT2D eigenvalue weighted by Gasteiger charge is 2.33. The van der Waals surface area contributed by atoms with E-state index in [1.807, 2.05) is 24.0 Å². The van der Waals surface area contributed by atoms with Crippen LogP contribution in [-0.2, 0) is 11.2 Å². The molecule has 0 aromatic heterocycles. The van der Waals surface area contributed by atoms with Gasteiger partial charge in [0.15, 0.2) is 0 Å². The molecule has 1 unspecified atom stereocenters. The topological polar surface area (TPSA) is 77.1 Å². The highest BCUT2D eigenvalue weighted by Crippen LogP contribution is 2.41. The van der Waals surface area contributed by atoms with Gasteiger partial charge >= 0.3 is 12.0 Å². The van der Waals surface area contributed by atoms with Crippen molar-refractivity contribution in [3.63, 3.8) is 0 Å². The van der Waals surface area contributed by atoms with Crippen molar-refractivity contribution >= 4 is 17.7 Å². The normalized spacial score (nSPS) is 15.3. The third-order valence-corrected chi connectivity index (χ3v) is 5.17. The van der Waals surface area contributed by atoms with E-state index in [-0.39, 0.29) is 12.1 Å². The number of amides is 2. The molecular weight excluding hydrogens is 372 g/mol. The van der Waals surface area contributed by atoms with Gasteiger partial charge in [-0.25, -0.2) is 9.59 Å². The van der Waals surface area contributed by atoms with Gasteiger partial charge in [0.2, 0.25) is 0 Å². The maximum atomic E-state index is 13.1. The zero-order chi connectivity index (χ0) is 21.0. The van der Waals surface area contributed by atoms with E-state index >= 15 is 0 Å². The lowest BCUT2D eigenvalue weighted by atomic mass is 9.90. The molecule has 2 aromatic carbocycles.